The quantitative estimate of drug-likeness (QED) is 0.226. The van der Waals surface area contributed by atoms with E-state index in [4.69, 9.17) is 4.74 Å². The van der Waals surface area contributed by atoms with Gasteiger partial charge in [0.25, 0.3) is 0 Å². The van der Waals surface area contributed by atoms with E-state index in [1.165, 1.54) is 4.31 Å². The number of ether oxygens (including phenoxy) is 1. The van der Waals surface area contributed by atoms with Gasteiger partial charge in [-0.15, -0.1) is 0 Å². The Morgan fingerprint density at radius 1 is 0.867 bits per heavy atom. The zero-order chi connectivity index (χ0) is 31.6. The normalized spacial score (nSPS) is 14.1. The fourth-order valence-electron chi connectivity index (χ4n) is 5.45. The number of sulfonamides is 1. The van der Waals surface area contributed by atoms with Gasteiger partial charge >= 0.3 is 0 Å². The summed E-state index contributed by atoms with van der Waals surface area (Å²) in [5.74, 6) is 0.199. The van der Waals surface area contributed by atoms with Gasteiger partial charge in [0.05, 0.1) is 12.0 Å². The highest BCUT2D eigenvalue weighted by Gasteiger charge is 2.31. The van der Waals surface area contributed by atoms with Gasteiger partial charge in [-0.2, -0.15) is 4.31 Å². The third kappa shape index (κ3) is 8.14. The van der Waals surface area contributed by atoms with Gasteiger partial charge in [-0.3, -0.25) is 14.6 Å². The molecule has 4 aromatic rings. The van der Waals surface area contributed by atoms with Crippen molar-refractivity contribution in [3.63, 3.8) is 0 Å². The number of nitrogens with zero attached hydrogens (tertiary/aromatic N) is 3. The molecule has 0 spiro atoms. The van der Waals surface area contributed by atoms with E-state index in [1.54, 1.807) is 48.7 Å². The van der Waals surface area contributed by atoms with Crippen molar-refractivity contribution >= 4 is 21.8 Å². The van der Waals surface area contributed by atoms with Crippen LogP contribution in [-0.4, -0.2) is 54.6 Å². The van der Waals surface area contributed by atoms with Crippen molar-refractivity contribution in [2.24, 2.45) is 0 Å². The lowest BCUT2D eigenvalue weighted by molar-refractivity contribution is -0.141. The predicted molar refractivity (Wildman–Crippen MR) is 172 cm³/mol. The number of methoxy groups -OCH3 is 1. The fraction of sp³-hybridized carbons (Fsp3) is 0.286. The molecular formula is C35H38N4O5S. The molecule has 0 bridgehead atoms. The van der Waals surface area contributed by atoms with Crippen LogP contribution in [0.25, 0.3) is 0 Å². The maximum Gasteiger partial charge on any atom is 0.247 e. The topological polar surface area (TPSA) is 109 Å². The van der Waals surface area contributed by atoms with Gasteiger partial charge in [0.1, 0.15) is 11.8 Å². The summed E-state index contributed by atoms with van der Waals surface area (Å²) >= 11 is 0. The second-order valence-electron chi connectivity index (χ2n) is 11.0. The number of hydrogen-bond donors (Lipinski definition) is 1. The number of benzene rings is 3. The van der Waals surface area contributed by atoms with Crippen molar-refractivity contribution in [1.82, 2.24) is 19.5 Å². The molecule has 1 atom stereocenters. The second kappa shape index (κ2) is 15.0. The highest BCUT2D eigenvalue weighted by Crippen LogP contribution is 2.27. The van der Waals surface area contributed by atoms with E-state index in [9.17, 15) is 18.0 Å². The maximum atomic E-state index is 14.0. The second-order valence-corrected chi connectivity index (χ2v) is 12.9. The Hall–Kier alpha value is -4.54. The standard InChI is InChI=1S/C35H38N4O5S/c1-44-31-14-9-29(10-15-31)26-39(34(30-7-3-2-4-8-30)35(41)37-25-28-19-21-36-22-20-28)33(40)18-13-27-11-16-32(17-12-27)45(42,43)38-23-5-6-24-38/h2-4,7-12,14-17,19-22,34H,5-6,13,18,23-26H2,1H3,(H,37,41). The molecule has 2 amide bonds. The van der Waals surface area contributed by atoms with Crippen molar-refractivity contribution in [2.45, 2.75) is 49.7 Å². The highest BCUT2D eigenvalue weighted by molar-refractivity contribution is 7.89. The molecule has 1 saturated heterocycles. The Balaban J connectivity index is 1.38. The van der Waals surface area contributed by atoms with E-state index in [-0.39, 0.29) is 29.7 Å². The summed E-state index contributed by atoms with van der Waals surface area (Å²) < 4.78 is 32.7. The largest absolute Gasteiger partial charge is 0.497 e. The Kier molecular flexibility index (Phi) is 10.6. The first kappa shape index (κ1) is 31.9. The molecule has 0 aliphatic carbocycles. The minimum Gasteiger partial charge on any atom is -0.497 e. The van der Waals surface area contributed by atoms with Crippen LogP contribution in [0.15, 0.2) is 108 Å². The Bertz CT molecular complexity index is 1660. The molecular weight excluding hydrogens is 588 g/mol. The van der Waals surface area contributed by atoms with Crippen LogP contribution in [-0.2, 0) is 39.1 Å². The first-order valence-electron chi connectivity index (χ1n) is 15.1. The lowest BCUT2D eigenvalue weighted by Gasteiger charge is -2.32. The molecule has 2 heterocycles. The number of carbonyl (C=O) groups excluding carboxylic acids is 2. The molecule has 5 rings (SSSR count). The number of aryl methyl sites for hydroxylation is 1. The maximum absolute atomic E-state index is 14.0. The Morgan fingerprint density at radius 3 is 2.16 bits per heavy atom. The summed E-state index contributed by atoms with van der Waals surface area (Å²) in [5, 5.41) is 3.01. The van der Waals surface area contributed by atoms with Gasteiger partial charge in [-0.1, -0.05) is 54.6 Å². The summed E-state index contributed by atoms with van der Waals surface area (Å²) in [5.41, 5.74) is 3.28. The molecule has 1 fully saturated rings. The van der Waals surface area contributed by atoms with Gasteiger partial charge in [0.2, 0.25) is 21.8 Å². The minimum absolute atomic E-state index is 0.134. The number of pyridine rings is 1. The summed E-state index contributed by atoms with van der Waals surface area (Å²) in [6.45, 7) is 1.59. The molecule has 9 nitrogen and oxygen atoms in total. The molecule has 1 N–H and O–H groups in total. The number of nitrogens with one attached hydrogen (secondary N) is 1. The average molecular weight is 627 g/mol. The smallest absolute Gasteiger partial charge is 0.247 e. The van der Waals surface area contributed by atoms with Crippen LogP contribution in [0.5, 0.6) is 5.75 Å². The first-order valence-corrected chi connectivity index (χ1v) is 16.5. The summed E-state index contributed by atoms with van der Waals surface area (Å²) in [6, 6.07) is 26.3. The third-order valence-corrected chi connectivity index (χ3v) is 9.89. The van der Waals surface area contributed by atoms with Crippen LogP contribution in [0.3, 0.4) is 0 Å². The molecule has 3 aromatic carbocycles. The number of amides is 2. The fourth-order valence-corrected chi connectivity index (χ4v) is 6.96. The van der Waals surface area contributed by atoms with Crippen LogP contribution in [0, 0.1) is 0 Å². The number of hydrogen-bond acceptors (Lipinski definition) is 6. The van der Waals surface area contributed by atoms with Crippen molar-refractivity contribution < 1.29 is 22.7 Å². The van der Waals surface area contributed by atoms with Crippen LogP contribution in [0.1, 0.15) is 47.6 Å². The van der Waals surface area contributed by atoms with Gasteiger partial charge in [-0.05, 0) is 77.9 Å². The highest BCUT2D eigenvalue weighted by atomic mass is 32.2. The van der Waals surface area contributed by atoms with Crippen molar-refractivity contribution in [2.75, 3.05) is 20.2 Å². The van der Waals surface area contributed by atoms with Crippen LogP contribution >= 0.6 is 0 Å². The SMILES string of the molecule is COc1ccc(CN(C(=O)CCc2ccc(S(=O)(=O)N3CCCC3)cc2)C(C(=O)NCc2ccncc2)c2ccccc2)cc1. The molecule has 1 aromatic heterocycles. The van der Waals surface area contributed by atoms with Crippen LogP contribution < -0.4 is 10.1 Å². The van der Waals surface area contributed by atoms with Gasteiger partial charge < -0.3 is 15.0 Å². The molecule has 0 saturated carbocycles. The monoisotopic (exact) mass is 626 g/mol. The Morgan fingerprint density at radius 2 is 1.51 bits per heavy atom. The van der Waals surface area contributed by atoms with E-state index in [2.05, 4.69) is 10.3 Å². The molecule has 1 aliphatic rings. The summed E-state index contributed by atoms with van der Waals surface area (Å²) in [4.78, 5) is 33.8. The van der Waals surface area contributed by atoms with Crippen molar-refractivity contribution in [3.8, 4) is 5.75 Å². The average Bonchev–Trinajstić information content (AvgIpc) is 3.64. The number of carbonyl (C=O) groups is 2. The lowest BCUT2D eigenvalue weighted by atomic mass is 10.0. The summed E-state index contributed by atoms with van der Waals surface area (Å²) in [6.07, 6.45) is 5.61. The van der Waals surface area contributed by atoms with Crippen molar-refractivity contribution in [1.29, 1.82) is 0 Å². The van der Waals surface area contributed by atoms with Crippen LogP contribution in [0.2, 0.25) is 0 Å². The van der Waals surface area contributed by atoms with E-state index < -0.39 is 16.1 Å². The summed E-state index contributed by atoms with van der Waals surface area (Å²) in [7, 11) is -1.92. The predicted octanol–water partition coefficient (Wildman–Crippen LogP) is 4.89. The Labute approximate surface area is 264 Å². The zero-order valence-corrected chi connectivity index (χ0v) is 26.2. The molecule has 0 radical (unpaired) electrons. The lowest BCUT2D eigenvalue weighted by Crippen LogP contribution is -2.43. The molecule has 45 heavy (non-hydrogen) atoms. The van der Waals surface area contributed by atoms with E-state index >= 15 is 0 Å². The van der Waals surface area contributed by atoms with E-state index in [0.29, 0.717) is 37.4 Å². The number of aromatic nitrogens is 1. The molecule has 234 valence electrons. The molecule has 10 heteroatoms. The van der Waals surface area contributed by atoms with Gasteiger partial charge in [0, 0.05) is 45.0 Å². The minimum atomic E-state index is -3.52. The van der Waals surface area contributed by atoms with E-state index in [1.807, 2.05) is 66.7 Å². The zero-order valence-electron chi connectivity index (χ0n) is 25.3. The number of rotatable bonds is 13. The van der Waals surface area contributed by atoms with Gasteiger partial charge in [0.15, 0.2) is 0 Å². The van der Waals surface area contributed by atoms with Gasteiger partial charge in [-0.25, -0.2) is 8.42 Å². The van der Waals surface area contributed by atoms with E-state index in [0.717, 1.165) is 29.5 Å². The third-order valence-electron chi connectivity index (χ3n) is 7.98. The van der Waals surface area contributed by atoms with Crippen molar-refractivity contribution in [3.05, 3.63) is 126 Å². The molecule has 1 unspecified atom stereocenters. The first-order chi connectivity index (χ1) is 21.8. The molecule has 1 aliphatic heterocycles. The van der Waals surface area contributed by atoms with Crippen LogP contribution in [0.4, 0.5) is 0 Å².